The first-order chi connectivity index (χ1) is 7.69. The molecule has 0 aliphatic heterocycles. The lowest BCUT2D eigenvalue weighted by atomic mass is 10.2. The van der Waals surface area contributed by atoms with Gasteiger partial charge in [0.05, 0.1) is 13.8 Å². The minimum atomic E-state index is 0.774. The smallest absolute Gasteiger partial charge is 0.123 e. The van der Waals surface area contributed by atoms with E-state index in [1.165, 1.54) is 0 Å². The lowest BCUT2D eigenvalue weighted by Gasteiger charge is -2.20. The fourth-order valence-electron chi connectivity index (χ4n) is 1.44. The Morgan fingerprint density at radius 3 is 2.81 bits per heavy atom. The van der Waals surface area contributed by atoms with E-state index >= 15 is 0 Å². The summed E-state index contributed by atoms with van der Waals surface area (Å²) in [5.74, 6) is 0.926. The summed E-state index contributed by atoms with van der Waals surface area (Å²) in [5.41, 5.74) is 2.29. The van der Waals surface area contributed by atoms with Gasteiger partial charge in [-0.05, 0) is 31.7 Å². The van der Waals surface area contributed by atoms with E-state index < -0.39 is 0 Å². The fourth-order valence-corrected chi connectivity index (χ4v) is 1.44. The van der Waals surface area contributed by atoms with E-state index in [1.54, 1.807) is 7.11 Å². The van der Waals surface area contributed by atoms with Crippen molar-refractivity contribution >= 4 is 5.69 Å². The molecule has 0 unspecified atom stereocenters. The predicted molar refractivity (Wildman–Crippen MR) is 69.0 cm³/mol. The Bertz CT molecular complexity index is 361. The highest BCUT2D eigenvalue weighted by Gasteiger charge is 2.03. The Hall–Kier alpha value is -1.64. The van der Waals surface area contributed by atoms with Crippen LogP contribution in [0.25, 0.3) is 0 Å². The standard InChI is InChI=1S/C13H20N2O/c1-5-8-14-10-15(3)12-7-6-11(2)13(9-12)16-4/h5-9,14H,10H2,1-4H3. The molecule has 0 fully saturated rings. The van der Waals surface area contributed by atoms with Gasteiger partial charge in [-0.25, -0.2) is 0 Å². The number of methoxy groups -OCH3 is 1. The minimum Gasteiger partial charge on any atom is -0.496 e. The fraction of sp³-hybridized carbons (Fsp3) is 0.385. The van der Waals surface area contributed by atoms with Crippen molar-refractivity contribution in [3.8, 4) is 5.75 Å². The van der Waals surface area contributed by atoms with Crippen LogP contribution in [0.3, 0.4) is 0 Å². The molecule has 0 aliphatic rings. The molecule has 0 aliphatic carbocycles. The van der Waals surface area contributed by atoms with Crippen molar-refractivity contribution in [1.29, 1.82) is 0 Å². The Labute approximate surface area is 97.7 Å². The molecule has 3 heteroatoms. The third-order valence-electron chi connectivity index (χ3n) is 2.45. The quantitative estimate of drug-likeness (QED) is 0.772. The van der Waals surface area contributed by atoms with Gasteiger partial charge in [-0.3, -0.25) is 0 Å². The number of nitrogens with one attached hydrogen (secondary N) is 1. The summed E-state index contributed by atoms with van der Waals surface area (Å²) in [6, 6.07) is 6.21. The molecule has 0 bridgehead atoms. The zero-order valence-corrected chi connectivity index (χ0v) is 10.4. The summed E-state index contributed by atoms with van der Waals surface area (Å²) in [7, 11) is 3.74. The van der Waals surface area contributed by atoms with E-state index in [9.17, 15) is 0 Å². The predicted octanol–water partition coefficient (Wildman–Crippen LogP) is 2.52. The third kappa shape index (κ3) is 3.19. The monoisotopic (exact) mass is 220 g/mol. The Morgan fingerprint density at radius 2 is 2.19 bits per heavy atom. The maximum atomic E-state index is 5.30. The van der Waals surface area contributed by atoms with Crippen LogP contribution in [0, 0.1) is 6.92 Å². The number of anilines is 1. The van der Waals surface area contributed by atoms with Gasteiger partial charge in [0.2, 0.25) is 0 Å². The van der Waals surface area contributed by atoms with E-state index in [2.05, 4.69) is 22.3 Å². The highest BCUT2D eigenvalue weighted by Crippen LogP contribution is 2.23. The summed E-state index contributed by atoms with van der Waals surface area (Å²) in [4.78, 5) is 2.13. The van der Waals surface area contributed by atoms with Crippen molar-refractivity contribution in [3.05, 3.63) is 36.0 Å². The van der Waals surface area contributed by atoms with Gasteiger partial charge in [-0.15, -0.1) is 0 Å². The van der Waals surface area contributed by atoms with Gasteiger partial charge in [0.15, 0.2) is 0 Å². The molecule has 0 radical (unpaired) electrons. The number of benzene rings is 1. The summed E-state index contributed by atoms with van der Waals surface area (Å²) in [6.45, 7) is 4.80. The lowest BCUT2D eigenvalue weighted by molar-refractivity contribution is 0.411. The van der Waals surface area contributed by atoms with E-state index in [-0.39, 0.29) is 0 Å². The van der Waals surface area contributed by atoms with E-state index in [1.807, 2.05) is 39.2 Å². The molecular formula is C13H20N2O. The molecule has 0 heterocycles. The first-order valence-electron chi connectivity index (χ1n) is 5.39. The average molecular weight is 220 g/mol. The van der Waals surface area contributed by atoms with Crippen molar-refractivity contribution in [1.82, 2.24) is 5.32 Å². The minimum absolute atomic E-state index is 0.774. The maximum absolute atomic E-state index is 5.30. The maximum Gasteiger partial charge on any atom is 0.123 e. The van der Waals surface area contributed by atoms with Gasteiger partial charge in [0.25, 0.3) is 0 Å². The molecule has 0 atom stereocenters. The Balaban J connectivity index is 2.71. The second kappa shape index (κ2) is 6.05. The molecule has 0 aromatic heterocycles. The molecule has 16 heavy (non-hydrogen) atoms. The SMILES string of the molecule is CC=CNCN(C)c1ccc(C)c(OC)c1. The Kier molecular flexibility index (Phi) is 4.70. The summed E-state index contributed by atoms with van der Waals surface area (Å²) in [5, 5.41) is 3.19. The average Bonchev–Trinajstić information content (AvgIpc) is 2.30. The van der Waals surface area contributed by atoms with Crippen LogP contribution in [0.2, 0.25) is 0 Å². The number of ether oxygens (including phenoxy) is 1. The molecule has 1 aromatic carbocycles. The van der Waals surface area contributed by atoms with Crippen molar-refractivity contribution in [2.75, 3.05) is 25.7 Å². The zero-order valence-electron chi connectivity index (χ0n) is 10.4. The van der Waals surface area contributed by atoms with Crippen molar-refractivity contribution in [2.45, 2.75) is 13.8 Å². The molecule has 0 amide bonds. The topological polar surface area (TPSA) is 24.5 Å². The number of nitrogens with zero attached hydrogens (tertiary/aromatic N) is 1. The van der Waals surface area contributed by atoms with Crippen LogP contribution < -0.4 is 15.0 Å². The number of hydrogen-bond donors (Lipinski definition) is 1. The van der Waals surface area contributed by atoms with Crippen LogP contribution in [-0.2, 0) is 0 Å². The van der Waals surface area contributed by atoms with Crippen LogP contribution in [0.1, 0.15) is 12.5 Å². The molecule has 88 valence electrons. The van der Waals surface area contributed by atoms with Crippen LogP contribution in [0.4, 0.5) is 5.69 Å². The van der Waals surface area contributed by atoms with Gasteiger partial charge in [-0.1, -0.05) is 12.1 Å². The third-order valence-corrected chi connectivity index (χ3v) is 2.45. The van der Waals surface area contributed by atoms with Gasteiger partial charge >= 0.3 is 0 Å². The number of hydrogen-bond acceptors (Lipinski definition) is 3. The van der Waals surface area contributed by atoms with Gasteiger partial charge < -0.3 is 15.0 Å². The van der Waals surface area contributed by atoms with Crippen molar-refractivity contribution in [3.63, 3.8) is 0 Å². The number of aryl methyl sites for hydroxylation is 1. The van der Waals surface area contributed by atoms with Crippen LogP contribution in [-0.4, -0.2) is 20.8 Å². The first-order valence-corrected chi connectivity index (χ1v) is 5.39. The Morgan fingerprint density at radius 1 is 1.44 bits per heavy atom. The molecular weight excluding hydrogens is 200 g/mol. The molecule has 0 spiro atoms. The van der Waals surface area contributed by atoms with Crippen LogP contribution in [0.5, 0.6) is 5.75 Å². The summed E-state index contributed by atoms with van der Waals surface area (Å²) < 4.78 is 5.30. The zero-order chi connectivity index (χ0) is 12.0. The second-order valence-corrected chi connectivity index (χ2v) is 3.71. The van der Waals surface area contributed by atoms with Gasteiger partial charge in [0.1, 0.15) is 5.75 Å². The summed E-state index contributed by atoms with van der Waals surface area (Å²) >= 11 is 0. The first kappa shape index (κ1) is 12.4. The normalized spacial score (nSPS) is 10.5. The van der Waals surface area contributed by atoms with E-state index in [0.717, 1.165) is 23.7 Å². The molecule has 0 saturated carbocycles. The second-order valence-electron chi connectivity index (χ2n) is 3.71. The highest BCUT2D eigenvalue weighted by molar-refractivity contribution is 5.52. The largest absolute Gasteiger partial charge is 0.496 e. The van der Waals surface area contributed by atoms with Crippen molar-refractivity contribution in [2.24, 2.45) is 0 Å². The van der Waals surface area contributed by atoms with Gasteiger partial charge in [-0.2, -0.15) is 0 Å². The van der Waals surface area contributed by atoms with Crippen molar-refractivity contribution < 1.29 is 4.74 Å². The van der Waals surface area contributed by atoms with E-state index in [0.29, 0.717) is 0 Å². The molecule has 0 saturated heterocycles. The molecule has 1 rings (SSSR count). The number of allylic oxidation sites excluding steroid dienone is 1. The summed E-state index contributed by atoms with van der Waals surface area (Å²) in [6.07, 6.45) is 3.91. The van der Waals surface area contributed by atoms with E-state index in [4.69, 9.17) is 4.74 Å². The molecule has 3 nitrogen and oxygen atoms in total. The van der Waals surface area contributed by atoms with Crippen LogP contribution in [0.15, 0.2) is 30.5 Å². The lowest BCUT2D eigenvalue weighted by Crippen LogP contribution is -2.27. The molecule has 1 aromatic rings. The van der Waals surface area contributed by atoms with Crippen LogP contribution >= 0.6 is 0 Å². The molecule has 1 N–H and O–H groups in total. The van der Waals surface area contributed by atoms with Gasteiger partial charge in [0, 0.05) is 18.8 Å². The number of rotatable bonds is 5. The highest BCUT2D eigenvalue weighted by atomic mass is 16.5.